The lowest BCUT2D eigenvalue weighted by atomic mass is 9.98. The van der Waals surface area contributed by atoms with E-state index in [1.807, 2.05) is 6.92 Å². The van der Waals surface area contributed by atoms with Crippen molar-refractivity contribution in [3.05, 3.63) is 23.8 Å². The van der Waals surface area contributed by atoms with Crippen molar-refractivity contribution in [2.45, 2.75) is 19.8 Å². The van der Waals surface area contributed by atoms with Gasteiger partial charge in [-0.05, 0) is 24.0 Å². The maximum atomic E-state index is 10.2. The highest BCUT2D eigenvalue weighted by atomic mass is 16.3. The average Bonchev–Trinajstić information content (AvgIpc) is 2.10. The topological polar surface area (TPSA) is 57.5 Å². The van der Waals surface area contributed by atoms with E-state index in [1.165, 1.54) is 12.1 Å². The van der Waals surface area contributed by atoms with Crippen molar-refractivity contribution in [3.63, 3.8) is 0 Å². The molecule has 3 heteroatoms. The Bertz CT molecular complexity index is 320. The molecule has 14 heavy (non-hydrogen) atoms. The average molecular weight is 194 g/mol. The van der Waals surface area contributed by atoms with Crippen LogP contribution in [-0.2, 0) is 11.2 Å². The molecule has 2 N–H and O–H groups in total. The molecular weight excluding hydrogens is 180 g/mol. The Morgan fingerprint density at radius 2 is 2.14 bits per heavy atom. The fourth-order valence-corrected chi connectivity index (χ4v) is 1.35. The lowest BCUT2D eigenvalue weighted by molar-refractivity contribution is -0.108. The standard InChI is InChI=1S/C11H14O3/c1-8(4-5-12)6-9-2-3-10(13)7-11(9)14/h2-3,5,7-8,13-14H,4,6H2,1H3. The highest BCUT2D eigenvalue weighted by Crippen LogP contribution is 2.25. The lowest BCUT2D eigenvalue weighted by Gasteiger charge is -2.09. The normalized spacial score (nSPS) is 12.4. The molecule has 1 aromatic rings. The summed E-state index contributed by atoms with van der Waals surface area (Å²) in [6.07, 6.45) is 2.01. The van der Waals surface area contributed by atoms with E-state index in [0.717, 1.165) is 11.8 Å². The van der Waals surface area contributed by atoms with Gasteiger partial charge in [-0.3, -0.25) is 0 Å². The minimum Gasteiger partial charge on any atom is -0.508 e. The highest BCUT2D eigenvalue weighted by molar-refractivity contribution is 5.50. The molecule has 76 valence electrons. The molecule has 1 unspecified atom stereocenters. The largest absolute Gasteiger partial charge is 0.508 e. The Hall–Kier alpha value is -1.51. The Morgan fingerprint density at radius 1 is 1.43 bits per heavy atom. The molecule has 0 bridgehead atoms. The Kier molecular flexibility index (Phi) is 3.51. The molecule has 1 rings (SSSR count). The molecule has 0 aliphatic rings. The van der Waals surface area contributed by atoms with Crippen LogP contribution >= 0.6 is 0 Å². The summed E-state index contributed by atoms with van der Waals surface area (Å²) in [4.78, 5) is 10.2. The highest BCUT2D eigenvalue weighted by Gasteiger charge is 2.07. The predicted octanol–water partition coefficient (Wildman–Crippen LogP) is 1.87. The van der Waals surface area contributed by atoms with Crippen LogP contribution in [0.3, 0.4) is 0 Å². The first-order valence-electron chi connectivity index (χ1n) is 4.58. The molecule has 0 fully saturated rings. The first-order chi connectivity index (χ1) is 6.63. The first kappa shape index (κ1) is 10.6. The van der Waals surface area contributed by atoms with Crippen LogP contribution in [0.4, 0.5) is 0 Å². The van der Waals surface area contributed by atoms with Crippen LogP contribution in [0.5, 0.6) is 11.5 Å². The smallest absolute Gasteiger partial charge is 0.122 e. The summed E-state index contributed by atoms with van der Waals surface area (Å²) in [5, 5.41) is 18.5. The van der Waals surface area contributed by atoms with Gasteiger partial charge >= 0.3 is 0 Å². The zero-order valence-corrected chi connectivity index (χ0v) is 8.10. The third kappa shape index (κ3) is 2.76. The number of benzene rings is 1. The molecule has 0 heterocycles. The maximum Gasteiger partial charge on any atom is 0.122 e. The summed E-state index contributed by atoms with van der Waals surface area (Å²) >= 11 is 0. The van der Waals surface area contributed by atoms with Crippen LogP contribution in [0.2, 0.25) is 0 Å². The van der Waals surface area contributed by atoms with Crippen LogP contribution < -0.4 is 0 Å². The molecule has 0 saturated carbocycles. The van der Waals surface area contributed by atoms with Crippen molar-refractivity contribution in [3.8, 4) is 11.5 Å². The number of carbonyl (C=O) groups is 1. The van der Waals surface area contributed by atoms with Gasteiger partial charge in [-0.1, -0.05) is 13.0 Å². The molecule has 0 aromatic heterocycles. The number of carbonyl (C=O) groups excluding carboxylic acids is 1. The summed E-state index contributed by atoms with van der Waals surface area (Å²) < 4.78 is 0. The van der Waals surface area contributed by atoms with Crippen molar-refractivity contribution < 1.29 is 15.0 Å². The Balaban J connectivity index is 2.71. The minimum absolute atomic E-state index is 0.0503. The molecule has 0 aliphatic heterocycles. The van der Waals surface area contributed by atoms with E-state index in [2.05, 4.69) is 0 Å². The second-order valence-electron chi connectivity index (χ2n) is 3.52. The second kappa shape index (κ2) is 4.65. The monoisotopic (exact) mass is 194 g/mol. The van der Waals surface area contributed by atoms with Crippen molar-refractivity contribution in [2.75, 3.05) is 0 Å². The second-order valence-corrected chi connectivity index (χ2v) is 3.52. The van der Waals surface area contributed by atoms with Gasteiger partial charge in [0, 0.05) is 12.5 Å². The van der Waals surface area contributed by atoms with Crippen molar-refractivity contribution >= 4 is 6.29 Å². The number of aldehydes is 1. The SMILES string of the molecule is CC(CC=O)Cc1ccc(O)cc1O. The summed E-state index contributed by atoms with van der Waals surface area (Å²) in [7, 11) is 0. The van der Waals surface area contributed by atoms with Crippen LogP contribution in [0.1, 0.15) is 18.9 Å². The zero-order chi connectivity index (χ0) is 10.6. The first-order valence-corrected chi connectivity index (χ1v) is 4.58. The summed E-state index contributed by atoms with van der Waals surface area (Å²) in [6.45, 7) is 1.95. The van der Waals surface area contributed by atoms with Crippen LogP contribution in [0.15, 0.2) is 18.2 Å². The van der Waals surface area contributed by atoms with E-state index in [-0.39, 0.29) is 17.4 Å². The molecule has 0 aliphatic carbocycles. The van der Waals surface area contributed by atoms with Gasteiger partial charge in [-0.15, -0.1) is 0 Å². The summed E-state index contributed by atoms with van der Waals surface area (Å²) in [6, 6.07) is 4.51. The van der Waals surface area contributed by atoms with E-state index in [0.29, 0.717) is 12.8 Å². The van der Waals surface area contributed by atoms with E-state index in [9.17, 15) is 9.90 Å². The van der Waals surface area contributed by atoms with Crippen LogP contribution in [0, 0.1) is 5.92 Å². The minimum atomic E-state index is 0.0503. The van der Waals surface area contributed by atoms with E-state index >= 15 is 0 Å². The number of rotatable bonds is 4. The molecule has 0 radical (unpaired) electrons. The lowest BCUT2D eigenvalue weighted by Crippen LogP contribution is -2.00. The summed E-state index contributed by atoms with van der Waals surface area (Å²) in [5.41, 5.74) is 0.761. The van der Waals surface area contributed by atoms with E-state index in [4.69, 9.17) is 5.11 Å². The fourth-order valence-electron chi connectivity index (χ4n) is 1.35. The summed E-state index contributed by atoms with van der Waals surface area (Å²) in [5.74, 6) is 0.347. The van der Waals surface area contributed by atoms with Gasteiger partial charge in [0.2, 0.25) is 0 Å². The van der Waals surface area contributed by atoms with Crippen molar-refractivity contribution in [1.29, 1.82) is 0 Å². The Morgan fingerprint density at radius 3 is 2.71 bits per heavy atom. The number of hydrogen-bond acceptors (Lipinski definition) is 3. The number of hydrogen-bond donors (Lipinski definition) is 2. The number of phenols is 2. The van der Waals surface area contributed by atoms with Gasteiger partial charge in [0.1, 0.15) is 17.8 Å². The molecule has 1 atom stereocenters. The van der Waals surface area contributed by atoms with Gasteiger partial charge in [-0.25, -0.2) is 0 Å². The van der Waals surface area contributed by atoms with Gasteiger partial charge in [0.15, 0.2) is 0 Å². The maximum absolute atomic E-state index is 10.2. The third-order valence-corrected chi connectivity index (χ3v) is 2.14. The molecule has 1 aromatic carbocycles. The van der Waals surface area contributed by atoms with Crippen molar-refractivity contribution in [1.82, 2.24) is 0 Å². The van der Waals surface area contributed by atoms with Crippen LogP contribution in [-0.4, -0.2) is 16.5 Å². The molecule has 0 spiro atoms. The van der Waals surface area contributed by atoms with Gasteiger partial charge in [0.05, 0.1) is 0 Å². The number of aromatic hydroxyl groups is 2. The molecular formula is C11H14O3. The van der Waals surface area contributed by atoms with Gasteiger partial charge in [-0.2, -0.15) is 0 Å². The Labute approximate surface area is 83.0 Å². The third-order valence-electron chi connectivity index (χ3n) is 2.14. The molecule has 3 nitrogen and oxygen atoms in total. The van der Waals surface area contributed by atoms with E-state index < -0.39 is 0 Å². The van der Waals surface area contributed by atoms with Crippen LogP contribution in [0.25, 0.3) is 0 Å². The molecule has 0 amide bonds. The van der Waals surface area contributed by atoms with Crippen molar-refractivity contribution in [2.24, 2.45) is 5.92 Å². The van der Waals surface area contributed by atoms with Gasteiger partial charge < -0.3 is 15.0 Å². The number of phenolic OH excluding ortho intramolecular Hbond substituents is 2. The zero-order valence-electron chi connectivity index (χ0n) is 8.10. The molecule has 0 saturated heterocycles. The predicted molar refractivity (Wildman–Crippen MR) is 53.3 cm³/mol. The van der Waals surface area contributed by atoms with E-state index in [1.54, 1.807) is 6.07 Å². The van der Waals surface area contributed by atoms with Gasteiger partial charge in [0.25, 0.3) is 0 Å². The fraction of sp³-hybridized carbons (Fsp3) is 0.364. The quantitative estimate of drug-likeness (QED) is 0.719.